The Morgan fingerprint density at radius 1 is 1.39 bits per heavy atom. The van der Waals surface area contributed by atoms with Crippen LogP contribution in [0.25, 0.3) is 21.8 Å². The van der Waals surface area contributed by atoms with Gasteiger partial charge in [0.1, 0.15) is 0 Å². The Morgan fingerprint density at radius 3 is 2.83 bits per heavy atom. The molecule has 0 aliphatic heterocycles. The van der Waals surface area contributed by atoms with Crippen molar-refractivity contribution < 1.29 is 8.78 Å². The fraction of sp³-hybridized carbons (Fsp3) is 0.375. The van der Waals surface area contributed by atoms with E-state index in [4.69, 9.17) is 0 Å². The number of fused-ring (bicyclic) bond motifs is 3. The average Bonchev–Trinajstić information content (AvgIpc) is 2.84. The van der Waals surface area contributed by atoms with Crippen molar-refractivity contribution in [3.05, 3.63) is 38.7 Å². The minimum atomic E-state index is -2.55. The lowest BCUT2D eigenvalue weighted by Gasteiger charge is -2.34. The van der Waals surface area contributed by atoms with Gasteiger partial charge in [0.25, 0.3) is 5.56 Å². The quantitative estimate of drug-likeness (QED) is 0.729. The number of hydrogen-bond acceptors (Lipinski definition) is 2. The van der Waals surface area contributed by atoms with Gasteiger partial charge in [-0.2, -0.15) is 5.10 Å². The number of halogens is 3. The van der Waals surface area contributed by atoms with Crippen LogP contribution >= 0.6 is 15.9 Å². The molecule has 2 heterocycles. The van der Waals surface area contributed by atoms with Crippen molar-refractivity contribution in [2.45, 2.75) is 32.2 Å². The molecule has 0 saturated heterocycles. The highest BCUT2D eigenvalue weighted by molar-refractivity contribution is 9.10. The first-order chi connectivity index (χ1) is 10.8. The van der Waals surface area contributed by atoms with Crippen LogP contribution in [0.2, 0.25) is 0 Å². The molecule has 1 N–H and O–H groups in total. The number of rotatable bonds is 2. The van der Waals surface area contributed by atoms with E-state index in [1.807, 2.05) is 19.1 Å². The molecule has 2 aromatic heterocycles. The molecule has 1 aliphatic rings. The van der Waals surface area contributed by atoms with Gasteiger partial charge in [-0.15, -0.1) is 0 Å². The van der Waals surface area contributed by atoms with Gasteiger partial charge in [-0.05, 0) is 30.5 Å². The minimum absolute atomic E-state index is 0.101. The van der Waals surface area contributed by atoms with Gasteiger partial charge in [0.2, 0.25) is 5.92 Å². The SMILES string of the molecule is Cc1cc2[nH]c(=O)c3cnn(CC4CC(F)(F)C4)c3c2cc1Br. The first kappa shape index (κ1) is 14.8. The summed E-state index contributed by atoms with van der Waals surface area (Å²) >= 11 is 3.50. The summed E-state index contributed by atoms with van der Waals surface area (Å²) in [6.45, 7) is 2.35. The summed E-state index contributed by atoms with van der Waals surface area (Å²) in [6.07, 6.45) is 1.29. The lowest BCUT2D eigenvalue weighted by Crippen LogP contribution is -2.37. The number of H-pyrrole nitrogens is 1. The van der Waals surface area contributed by atoms with Gasteiger partial charge in [-0.1, -0.05) is 15.9 Å². The molecule has 1 saturated carbocycles. The van der Waals surface area contributed by atoms with Crippen LogP contribution in [0.15, 0.2) is 27.6 Å². The van der Waals surface area contributed by atoms with Crippen molar-refractivity contribution in [3.8, 4) is 0 Å². The van der Waals surface area contributed by atoms with Crippen LogP contribution in [0.1, 0.15) is 18.4 Å². The van der Waals surface area contributed by atoms with Crippen LogP contribution in [-0.2, 0) is 6.54 Å². The monoisotopic (exact) mass is 381 g/mol. The van der Waals surface area contributed by atoms with E-state index in [0.717, 1.165) is 20.9 Å². The highest BCUT2D eigenvalue weighted by atomic mass is 79.9. The smallest absolute Gasteiger partial charge is 0.259 e. The normalized spacial score (nSPS) is 17.7. The molecule has 1 aliphatic carbocycles. The minimum Gasteiger partial charge on any atom is -0.321 e. The number of aromatic nitrogens is 3. The third-order valence-corrected chi connectivity index (χ3v) is 5.35. The number of nitrogens with zero attached hydrogens (tertiary/aromatic N) is 2. The second kappa shape index (κ2) is 4.87. The van der Waals surface area contributed by atoms with E-state index in [2.05, 4.69) is 26.0 Å². The molecule has 7 heteroatoms. The summed E-state index contributed by atoms with van der Waals surface area (Å²) in [6, 6.07) is 3.84. The molecule has 4 rings (SSSR count). The summed E-state index contributed by atoms with van der Waals surface area (Å²) < 4.78 is 28.7. The Balaban J connectivity index is 1.89. The van der Waals surface area contributed by atoms with Crippen molar-refractivity contribution in [2.75, 3.05) is 0 Å². The van der Waals surface area contributed by atoms with Crippen molar-refractivity contribution in [1.29, 1.82) is 0 Å². The number of aryl methyl sites for hydroxylation is 1. The van der Waals surface area contributed by atoms with Gasteiger partial charge in [-0.3, -0.25) is 9.48 Å². The fourth-order valence-corrected chi connectivity index (χ4v) is 3.65. The van der Waals surface area contributed by atoms with Crippen molar-refractivity contribution in [3.63, 3.8) is 0 Å². The number of pyridine rings is 1. The molecule has 3 aromatic rings. The van der Waals surface area contributed by atoms with Gasteiger partial charge in [0.05, 0.1) is 22.6 Å². The van der Waals surface area contributed by atoms with Crippen LogP contribution in [-0.4, -0.2) is 20.7 Å². The summed E-state index contributed by atoms with van der Waals surface area (Å²) in [5.41, 5.74) is 2.24. The molecular weight excluding hydrogens is 368 g/mol. The standard InChI is InChI=1S/C16H14BrF2N3O/c1-8-2-13-10(3-12(8)17)14-11(15(23)21-13)6-20-22(14)7-9-4-16(18,19)5-9/h2-3,6,9H,4-5,7H2,1H3,(H,21,23). The maximum Gasteiger partial charge on any atom is 0.259 e. The first-order valence-electron chi connectivity index (χ1n) is 7.39. The number of alkyl halides is 2. The van der Waals surface area contributed by atoms with E-state index in [9.17, 15) is 13.6 Å². The molecule has 0 amide bonds. The van der Waals surface area contributed by atoms with E-state index >= 15 is 0 Å². The molecule has 1 fully saturated rings. The van der Waals surface area contributed by atoms with Crippen LogP contribution in [0.4, 0.5) is 8.78 Å². The van der Waals surface area contributed by atoms with E-state index in [-0.39, 0.29) is 24.3 Å². The Morgan fingerprint density at radius 2 is 2.13 bits per heavy atom. The van der Waals surface area contributed by atoms with Crippen LogP contribution in [0, 0.1) is 12.8 Å². The summed E-state index contributed by atoms with van der Waals surface area (Å²) in [4.78, 5) is 15.1. The number of hydrogen-bond donors (Lipinski definition) is 1. The molecule has 1 aromatic carbocycles. The van der Waals surface area contributed by atoms with E-state index in [1.165, 1.54) is 6.20 Å². The van der Waals surface area contributed by atoms with Gasteiger partial charge in [0.15, 0.2) is 0 Å². The third kappa shape index (κ3) is 2.38. The lowest BCUT2D eigenvalue weighted by atomic mass is 9.81. The van der Waals surface area contributed by atoms with E-state index in [0.29, 0.717) is 17.4 Å². The molecule has 0 bridgehead atoms. The highest BCUT2D eigenvalue weighted by Gasteiger charge is 2.45. The Kier molecular flexibility index (Phi) is 3.13. The number of nitrogens with one attached hydrogen (secondary N) is 1. The first-order valence-corrected chi connectivity index (χ1v) is 8.19. The molecule has 0 spiro atoms. The van der Waals surface area contributed by atoms with Crippen molar-refractivity contribution in [2.24, 2.45) is 5.92 Å². The van der Waals surface area contributed by atoms with Gasteiger partial charge in [-0.25, -0.2) is 8.78 Å². The zero-order valence-electron chi connectivity index (χ0n) is 12.4. The molecular formula is C16H14BrF2N3O. The number of benzene rings is 1. The Bertz CT molecular complexity index is 984. The second-order valence-electron chi connectivity index (χ2n) is 6.32. The Hall–Kier alpha value is -1.76. The predicted molar refractivity (Wildman–Crippen MR) is 88.0 cm³/mol. The molecule has 0 atom stereocenters. The highest BCUT2D eigenvalue weighted by Crippen LogP contribution is 2.43. The zero-order chi connectivity index (χ0) is 16.4. The van der Waals surface area contributed by atoms with Gasteiger partial charge in [0, 0.05) is 29.2 Å². The van der Waals surface area contributed by atoms with Crippen LogP contribution in [0.3, 0.4) is 0 Å². The zero-order valence-corrected chi connectivity index (χ0v) is 14.0. The largest absolute Gasteiger partial charge is 0.321 e. The predicted octanol–water partition coefficient (Wildman–Crippen LogP) is 3.99. The van der Waals surface area contributed by atoms with Crippen molar-refractivity contribution in [1.82, 2.24) is 14.8 Å². The molecule has 23 heavy (non-hydrogen) atoms. The summed E-state index contributed by atoms with van der Waals surface area (Å²) in [7, 11) is 0. The topological polar surface area (TPSA) is 50.7 Å². The average molecular weight is 382 g/mol. The molecule has 4 nitrogen and oxygen atoms in total. The van der Waals surface area contributed by atoms with Gasteiger partial charge >= 0.3 is 0 Å². The van der Waals surface area contributed by atoms with E-state index < -0.39 is 5.92 Å². The molecule has 120 valence electrons. The number of aromatic amines is 1. The molecule has 0 radical (unpaired) electrons. The van der Waals surface area contributed by atoms with E-state index in [1.54, 1.807) is 4.68 Å². The van der Waals surface area contributed by atoms with Crippen LogP contribution in [0.5, 0.6) is 0 Å². The summed E-state index contributed by atoms with van der Waals surface area (Å²) in [5.74, 6) is -2.65. The lowest BCUT2D eigenvalue weighted by molar-refractivity contribution is -0.114. The van der Waals surface area contributed by atoms with Gasteiger partial charge < -0.3 is 4.98 Å². The maximum absolute atomic E-state index is 13.1. The second-order valence-corrected chi connectivity index (χ2v) is 7.17. The fourth-order valence-electron chi connectivity index (χ4n) is 3.30. The Labute approximate surface area is 138 Å². The van der Waals surface area contributed by atoms with Crippen molar-refractivity contribution >= 4 is 37.7 Å². The maximum atomic E-state index is 13.1. The van der Waals surface area contributed by atoms with Crippen LogP contribution < -0.4 is 5.56 Å². The third-order valence-electron chi connectivity index (χ3n) is 4.49. The summed E-state index contributed by atoms with van der Waals surface area (Å²) in [5, 5.41) is 5.61. The molecule has 0 unspecified atom stereocenters.